The molecule has 0 aliphatic carbocycles. The largest absolute Gasteiger partial charge is 0.693 e. The van der Waals surface area contributed by atoms with Crippen LogP contribution in [-0.2, 0) is 21.1 Å². The second-order valence-corrected chi connectivity index (χ2v) is 3.00. The number of hydrogen-bond acceptors (Lipinski definition) is 0. The monoisotopic (exact) mass is 371 g/mol. The van der Waals surface area contributed by atoms with Gasteiger partial charge in [-0.2, -0.15) is 41.5 Å². The van der Waals surface area contributed by atoms with Gasteiger partial charge in [0.05, 0.1) is 0 Å². The van der Waals surface area contributed by atoms with Crippen molar-refractivity contribution in [2.45, 2.75) is 41.5 Å². The third-order valence-corrected chi connectivity index (χ3v) is 0. The van der Waals surface area contributed by atoms with Crippen LogP contribution >= 0.6 is 0 Å². The molecule has 0 spiro atoms. The summed E-state index contributed by atoms with van der Waals surface area (Å²) < 4.78 is 0. The van der Waals surface area contributed by atoms with E-state index in [9.17, 15) is 0 Å². The van der Waals surface area contributed by atoms with Gasteiger partial charge >= 0.3 is 0 Å². The summed E-state index contributed by atoms with van der Waals surface area (Å²) in [5.74, 6) is 2.83. The van der Waals surface area contributed by atoms with Gasteiger partial charge in [0.2, 0.25) is 0 Å². The summed E-state index contributed by atoms with van der Waals surface area (Å²) in [6.45, 7) is 12.5. The Morgan fingerprint density at radius 1 is 0.538 bits per heavy atom. The molecule has 0 fully saturated rings. The van der Waals surface area contributed by atoms with E-state index in [0.29, 0.717) is 0 Å². The molecule has 0 rings (SSSR count). The van der Waals surface area contributed by atoms with Gasteiger partial charge in [0.25, 0.3) is 0 Å². The topological polar surface area (TPSA) is 67.0 Å². The van der Waals surface area contributed by atoms with Crippen molar-refractivity contribution in [3.8, 4) is 0 Å². The Balaban J connectivity index is -0.00000000800. The minimum atomic E-state index is 0. The zero-order valence-corrected chi connectivity index (χ0v) is 12.7. The van der Waals surface area contributed by atoms with Crippen LogP contribution < -0.4 is 0 Å². The molecule has 0 radical (unpaired) electrons. The van der Waals surface area contributed by atoms with E-state index in [0.717, 1.165) is 0 Å². The molecule has 0 unspecified atom stereocenters. The molecule has 0 bridgehead atoms. The first-order valence-electron chi connectivity index (χ1n) is 3.00. The molecule has 0 aliphatic rings. The van der Waals surface area contributed by atoms with Crippen molar-refractivity contribution in [1.82, 2.24) is 0 Å². The summed E-state index contributed by atoms with van der Waals surface area (Å²) in [7, 11) is 0. The molecule has 0 atom stereocenters. The normalized spacial score (nSPS) is 5.54. The molecule has 0 heterocycles. The molecule has 2 nitrogen and oxygen atoms in total. The van der Waals surface area contributed by atoms with E-state index in [-0.39, 0.29) is 48.2 Å². The second-order valence-electron chi connectivity index (χ2n) is 3.00. The molecule has 0 saturated heterocycles. The standard InChI is InChI=1S/2C4H9.2CH3.2H2N.Pt/c2*1-4(2)3;;;;;/h2*1-3H3;2*1H3;2*1H2;/q6*-1;. The number of nitrogens with two attached hydrogens (primary N) is 2. The van der Waals surface area contributed by atoms with Crippen molar-refractivity contribution in [3.05, 3.63) is 39.0 Å². The fraction of sp³-hybridized carbons (Fsp3) is 0.600. The zero-order chi connectivity index (χ0) is 7.15. The van der Waals surface area contributed by atoms with E-state index in [4.69, 9.17) is 0 Å². The first-order chi connectivity index (χ1) is 3.46. The van der Waals surface area contributed by atoms with Gasteiger partial charge in [-0.15, -0.1) is 0 Å². The molecular weight excluding hydrogens is 343 g/mol. The van der Waals surface area contributed by atoms with Crippen LogP contribution in [0.2, 0.25) is 0 Å². The van der Waals surface area contributed by atoms with Crippen LogP contribution in [0.3, 0.4) is 0 Å². The first kappa shape index (κ1) is 49.5. The molecule has 0 aliphatic heterocycles. The van der Waals surface area contributed by atoms with E-state index in [1.165, 1.54) is 11.8 Å². The van der Waals surface area contributed by atoms with E-state index in [1.54, 1.807) is 0 Å². The predicted molar refractivity (Wildman–Crippen MR) is 63.9 cm³/mol. The van der Waals surface area contributed by atoms with Crippen molar-refractivity contribution in [3.63, 3.8) is 0 Å². The van der Waals surface area contributed by atoms with Crippen LogP contribution in [0, 0.1) is 26.7 Å². The predicted octanol–water partition coefficient (Wildman–Crippen LogP) is 5.57. The minimum absolute atomic E-state index is 0. The van der Waals surface area contributed by atoms with Gasteiger partial charge in [0.15, 0.2) is 0 Å². The van der Waals surface area contributed by atoms with E-state index in [1.807, 2.05) is 0 Å². The van der Waals surface area contributed by atoms with Crippen molar-refractivity contribution in [2.24, 2.45) is 0 Å². The molecule has 94 valence electrons. The first-order valence-corrected chi connectivity index (χ1v) is 3.00. The summed E-state index contributed by atoms with van der Waals surface area (Å²) in [5.41, 5.74) is 0. The third-order valence-electron chi connectivity index (χ3n) is 0. The van der Waals surface area contributed by atoms with Crippen LogP contribution in [0.5, 0.6) is 0 Å². The molecule has 0 aromatic carbocycles. The summed E-state index contributed by atoms with van der Waals surface area (Å²) in [4.78, 5) is 0. The third kappa shape index (κ3) is 3830. The van der Waals surface area contributed by atoms with E-state index >= 15 is 0 Å². The van der Waals surface area contributed by atoms with Crippen LogP contribution in [0.1, 0.15) is 41.5 Å². The second kappa shape index (κ2) is 38.9. The molecule has 4 N–H and O–H groups in total. The van der Waals surface area contributed by atoms with Crippen LogP contribution in [0.15, 0.2) is 0 Å². The van der Waals surface area contributed by atoms with Gasteiger partial charge < -0.3 is 39.0 Å². The van der Waals surface area contributed by atoms with Crippen molar-refractivity contribution >= 4 is 0 Å². The fourth-order valence-corrected chi connectivity index (χ4v) is 0. The van der Waals surface area contributed by atoms with E-state index < -0.39 is 0 Å². The SMILES string of the molecule is C[C-](C)C.C[C-](C)C.[CH3-].[CH3-].[NH2-].[NH2-].[Pt]. The zero-order valence-electron chi connectivity index (χ0n) is 10.5. The number of hydrogen-bond donors (Lipinski definition) is 0. The van der Waals surface area contributed by atoms with Crippen LogP contribution in [0.4, 0.5) is 0 Å². The van der Waals surface area contributed by atoms with Gasteiger partial charge in [0.1, 0.15) is 0 Å². The van der Waals surface area contributed by atoms with Gasteiger partial charge in [-0.05, 0) is 0 Å². The fourth-order valence-electron chi connectivity index (χ4n) is 0. The van der Waals surface area contributed by atoms with Crippen molar-refractivity contribution in [2.75, 3.05) is 0 Å². The summed E-state index contributed by atoms with van der Waals surface area (Å²) in [6, 6.07) is 0. The molecule has 0 aromatic heterocycles. The molecular formula is C10H28N2Pt-6. The molecule has 0 amide bonds. The Morgan fingerprint density at radius 2 is 0.538 bits per heavy atom. The van der Waals surface area contributed by atoms with Crippen LogP contribution in [-0.4, -0.2) is 0 Å². The Bertz CT molecular complexity index is 28.4. The maximum Gasteiger partial charge on any atom is 0 e. The molecule has 13 heavy (non-hydrogen) atoms. The van der Waals surface area contributed by atoms with Gasteiger partial charge in [-0.25, -0.2) is 0 Å². The Hall–Kier alpha value is 0.608. The summed E-state index contributed by atoms with van der Waals surface area (Å²) in [6.07, 6.45) is 0. The Morgan fingerprint density at radius 3 is 0.538 bits per heavy atom. The molecule has 0 aromatic rings. The number of rotatable bonds is 0. The average molecular weight is 371 g/mol. The van der Waals surface area contributed by atoms with Gasteiger partial charge in [-0.1, -0.05) is 0 Å². The average Bonchev–Trinajstić information content (AvgIpc) is 1.25. The van der Waals surface area contributed by atoms with Gasteiger partial charge in [0, 0.05) is 21.1 Å². The maximum atomic E-state index is 2.08. The van der Waals surface area contributed by atoms with Gasteiger partial charge in [-0.3, -0.25) is 0 Å². The Labute approximate surface area is 102 Å². The summed E-state index contributed by atoms with van der Waals surface area (Å²) in [5, 5.41) is 0. The van der Waals surface area contributed by atoms with E-state index in [2.05, 4.69) is 41.5 Å². The smallest absolute Gasteiger partial charge is 0 e. The quantitative estimate of drug-likeness (QED) is 0.499. The Kier molecular flexibility index (Phi) is 148. The van der Waals surface area contributed by atoms with Crippen molar-refractivity contribution < 1.29 is 21.1 Å². The van der Waals surface area contributed by atoms with Crippen LogP contribution in [0.25, 0.3) is 12.3 Å². The van der Waals surface area contributed by atoms with Crippen molar-refractivity contribution in [1.29, 1.82) is 0 Å². The maximum absolute atomic E-state index is 2.08. The summed E-state index contributed by atoms with van der Waals surface area (Å²) >= 11 is 0. The molecule has 3 heteroatoms. The molecule has 0 saturated carbocycles. The minimum Gasteiger partial charge on any atom is -0.693 e.